The van der Waals surface area contributed by atoms with Crippen molar-refractivity contribution in [3.63, 3.8) is 0 Å². The highest BCUT2D eigenvalue weighted by molar-refractivity contribution is 8.01. The lowest BCUT2D eigenvalue weighted by atomic mass is 9.92. The van der Waals surface area contributed by atoms with Gasteiger partial charge in [-0.2, -0.15) is 0 Å². The molecule has 140 valence electrons. The number of benzene rings is 1. The summed E-state index contributed by atoms with van der Waals surface area (Å²) in [4.78, 5) is 12.4. The Labute approximate surface area is 163 Å². The predicted molar refractivity (Wildman–Crippen MR) is 112 cm³/mol. The number of carbonyl (C=O) groups is 1. The Kier molecular flexibility index (Phi) is 7.23. The summed E-state index contributed by atoms with van der Waals surface area (Å²) in [6.07, 6.45) is 2.30. The molecule has 0 unspecified atom stereocenters. The SMILES string of the molecule is C=C(C)c1cccc(C(C)(C)NC(=O)Nc2nnc(SCCCC)s2)c1. The Balaban J connectivity index is 1.98. The molecule has 0 aliphatic carbocycles. The zero-order valence-corrected chi connectivity index (χ0v) is 17.4. The number of nitrogens with zero attached hydrogens (tertiary/aromatic N) is 2. The molecule has 26 heavy (non-hydrogen) atoms. The molecule has 2 amide bonds. The lowest BCUT2D eigenvalue weighted by molar-refractivity contribution is 0.242. The first kappa shape index (κ1) is 20.5. The molecule has 0 fully saturated rings. The fourth-order valence-electron chi connectivity index (χ4n) is 2.28. The Morgan fingerprint density at radius 1 is 1.35 bits per heavy atom. The van der Waals surface area contributed by atoms with Gasteiger partial charge in [0.05, 0.1) is 5.54 Å². The lowest BCUT2D eigenvalue weighted by Crippen LogP contribution is -2.43. The monoisotopic (exact) mass is 390 g/mol. The highest BCUT2D eigenvalue weighted by atomic mass is 32.2. The molecule has 0 aliphatic heterocycles. The third-order valence-corrected chi connectivity index (χ3v) is 5.91. The van der Waals surface area contributed by atoms with E-state index in [-0.39, 0.29) is 6.03 Å². The van der Waals surface area contributed by atoms with E-state index in [1.165, 1.54) is 11.3 Å². The second-order valence-corrected chi connectivity index (χ2v) is 8.96. The van der Waals surface area contributed by atoms with Gasteiger partial charge in [-0.05, 0) is 44.4 Å². The van der Waals surface area contributed by atoms with Crippen molar-refractivity contribution < 1.29 is 4.79 Å². The molecular weight excluding hydrogens is 364 g/mol. The predicted octanol–water partition coefficient (Wildman–Crippen LogP) is 5.52. The van der Waals surface area contributed by atoms with Gasteiger partial charge in [-0.1, -0.05) is 66.8 Å². The fraction of sp³-hybridized carbons (Fsp3) is 0.421. The highest BCUT2D eigenvalue weighted by Gasteiger charge is 2.23. The van der Waals surface area contributed by atoms with E-state index >= 15 is 0 Å². The number of thioether (sulfide) groups is 1. The van der Waals surface area contributed by atoms with Gasteiger partial charge in [-0.25, -0.2) is 4.79 Å². The maximum absolute atomic E-state index is 12.4. The summed E-state index contributed by atoms with van der Waals surface area (Å²) in [7, 11) is 0. The lowest BCUT2D eigenvalue weighted by Gasteiger charge is -2.27. The van der Waals surface area contributed by atoms with Crippen LogP contribution in [-0.4, -0.2) is 22.0 Å². The van der Waals surface area contributed by atoms with Crippen molar-refractivity contribution >= 4 is 39.8 Å². The van der Waals surface area contributed by atoms with E-state index in [1.807, 2.05) is 39.0 Å². The summed E-state index contributed by atoms with van der Waals surface area (Å²) in [6, 6.07) is 7.75. The number of rotatable bonds is 8. The standard InChI is InChI=1S/C19H26N4OS2/c1-6-7-11-25-18-23-22-17(26-18)20-16(24)21-19(4,5)15-10-8-9-14(12-15)13(2)3/h8-10,12H,2,6-7,11H2,1,3-5H3,(H2,20,21,22,24). The molecule has 1 aromatic carbocycles. The molecule has 5 nitrogen and oxygen atoms in total. The zero-order valence-electron chi connectivity index (χ0n) is 15.8. The van der Waals surface area contributed by atoms with Gasteiger partial charge in [-0.3, -0.25) is 5.32 Å². The molecule has 2 rings (SSSR count). The smallest absolute Gasteiger partial charge is 0.321 e. The van der Waals surface area contributed by atoms with Crippen molar-refractivity contribution in [2.45, 2.75) is 50.4 Å². The van der Waals surface area contributed by atoms with Crippen LogP contribution < -0.4 is 10.6 Å². The van der Waals surface area contributed by atoms with E-state index < -0.39 is 5.54 Å². The van der Waals surface area contributed by atoms with Gasteiger partial charge in [-0.15, -0.1) is 10.2 Å². The quantitative estimate of drug-likeness (QED) is 0.354. The number of urea groups is 1. The van der Waals surface area contributed by atoms with E-state index in [0.29, 0.717) is 5.13 Å². The summed E-state index contributed by atoms with van der Waals surface area (Å²) < 4.78 is 0.877. The van der Waals surface area contributed by atoms with Crippen LogP contribution in [-0.2, 0) is 5.54 Å². The van der Waals surface area contributed by atoms with Crippen LogP contribution in [0.4, 0.5) is 9.93 Å². The Morgan fingerprint density at radius 3 is 2.81 bits per heavy atom. The summed E-state index contributed by atoms with van der Waals surface area (Å²) in [6.45, 7) is 12.0. The third-order valence-electron chi connectivity index (χ3n) is 3.85. The number of anilines is 1. The molecule has 0 bridgehead atoms. The van der Waals surface area contributed by atoms with Crippen LogP contribution in [0.2, 0.25) is 0 Å². The summed E-state index contributed by atoms with van der Waals surface area (Å²) in [5.74, 6) is 1.02. The van der Waals surface area contributed by atoms with Crippen LogP contribution in [0.15, 0.2) is 35.2 Å². The molecule has 7 heteroatoms. The minimum atomic E-state index is -0.529. The van der Waals surface area contributed by atoms with E-state index in [9.17, 15) is 4.79 Å². The molecule has 0 aliphatic rings. The van der Waals surface area contributed by atoms with Crippen molar-refractivity contribution in [2.24, 2.45) is 0 Å². The number of aromatic nitrogens is 2. The normalized spacial score (nSPS) is 11.2. The van der Waals surface area contributed by atoms with Gasteiger partial charge in [0.2, 0.25) is 5.13 Å². The van der Waals surface area contributed by atoms with Crippen molar-refractivity contribution in [3.05, 3.63) is 42.0 Å². The second-order valence-electron chi connectivity index (χ2n) is 6.64. The number of hydrogen-bond acceptors (Lipinski definition) is 5. The van der Waals surface area contributed by atoms with Crippen molar-refractivity contribution in [1.29, 1.82) is 0 Å². The van der Waals surface area contributed by atoms with E-state index in [4.69, 9.17) is 0 Å². The number of unbranched alkanes of at least 4 members (excludes halogenated alkanes) is 1. The van der Waals surface area contributed by atoms with Gasteiger partial charge >= 0.3 is 6.03 Å². The molecule has 0 atom stereocenters. The second kappa shape index (κ2) is 9.19. The molecular formula is C19H26N4OS2. The molecule has 0 saturated carbocycles. The number of hydrogen-bond donors (Lipinski definition) is 2. The van der Waals surface area contributed by atoms with Gasteiger partial charge in [0, 0.05) is 5.75 Å². The zero-order chi connectivity index (χ0) is 19.2. The van der Waals surface area contributed by atoms with Crippen molar-refractivity contribution in [2.75, 3.05) is 11.1 Å². The summed E-state index contributed by atoms with van der Waals surface area (Å²) >= 11 is 3.07. The van der Waals surface area contributed by atoms with Crippen molar-refractivity contribution in [1.82, 2.24) is 15.5 Å². The highest BCUT2D eigenvalue weighted by Crippen LogP contribution is 2.27. The fourth-order valence-corrected chi connectivity index (χ4v) is 4.18. The molecule has 1 aromatic heterocycles. The van der Waals surface area contributed by atoms with E-state index in [1.54, 1.807) is 11.8 Å². The van der Waals surface area contributed by atoms with Crippen LogP contribution in [0, 0.1) is 0 Å². The van der Waals surface area contributed by atoms with Gasteiger partial charge < -0.3 is 5.32 Å². The van der Waals surface area contributed by atoms with Crippen LogP contribution >= 0.6 is 23.1 Å². The van der Waals surface area contributed by atoms with Crippen molar-refractivity contribution in [3.8, 4) is 0 Å². The maximum atomic E-state index is 12.4. The van der Waals surface area contributed by atoms with Crippen LogP contribution in [0.3, 0.4) is 0 Å². The molecule has 2 aromatic rings. The summed E-state index contributed by atoms with van der Waals surface area (Å²) in [5.41, 5.74) is 2.55. The summed E-state index contributed by atoms with van der Waals surface area (Å²) in [5, 5.41) is 14.4. The molecule has 2 N–H and O–H groups in total. The first-order valence-corrected chi connectivity index (χ1v) is 10.4. The molecule has 1 heterocycles. The molecule has 0 saturated heterocycles. The van der Waals surface area contributed by atoms with Gasteiger partial charge in [0.25, 0.3) is 0 Å². The first-order valence-electron chi connectivity index (χ1n) is 8.63. The van der Waals surface area contributed by atoms with Crippen LogP contribution in [0.5, 0.6) is 0 Å². The van der Waals surface area contributed by atoms with Gasteiger partial charge in [0.15, 0.2) is 4.34 Å². The Bertz CT molecular complexity index is 770. The van der Waals surface area contributed by atoms with E-state index in [2.05, 4.69) is 40.4 Å². The molecule has 0 spiro atoms. The minimum Gasteiger partial charge on any atom is -0.329 e. The largest absolute Gasteiger partial charge is 0.329 e. The number of amides is 2. The average Bonchev–Trinajstić information content (AvgIpc) is 3.02. The number of allylic oxidation sites excluding steroid dienone is 1. The van der Waals surface area contributed by atoms with Crippen LogP contribution in [0.25, 0.3) is 5.57 Å². The number of carbonyl (C=O) groups excluding carboxylic acids is 1. The average molecular weight is 391 g/mol. The van der Waals surface area contributed by atoms with E-state index in [0.717, 1.165) is 39.6 Å². The Morgan fingerprint density at radius 2 is 2.12 bits per heavy atom. The van der Waals surface area contributed by atoms with Gasteiger partial charge in [0.1, 0.15) is 0 Å². The maximum Gasteiger partial charge on any atom is 0.321 e. The minimum absolute atomic E-state index is 0.294. The topological polar surface area (TPSA) is 66.9 Å². The number of nitrogens with one attached hydrogen (secondary N) is 2. The third kappa shape index (κ3) is 5.85. The Hall–Kier alpha value is -1.86. The molecule has 0 radical (unpaired) electrons. The first-order chi connectivity index (χ1) is 12.3. The van der Waals surface area contributed by atoms with Crippen LogP contribution in [0.1, 0.15) is 51.7 Å².